The fraction of sp³-hybridized carbons (Fsp3) is 0.0769. The monoisotopic (exact) mass is 360 g/mol. The fourth-order valence-electron chi connectivity index (χ4n) is 3.92. The van der Waals surface area contributed by atoms with E-state index >= 15 is 0 Å². The maximum Gasteiger partial charge on any atom is 0.0914 e. The van der Waals surface area contributed by atoms with Crippen LogP contribution in [0.3, 0.4) is 0 Å². The molecule has 0 aliphatic carbocycles. The first-order chi connectivity index (χ1) is 13.7. The molecule has 28 heavy (non-hydrogen) atoms. The van der Waals surface area contributed by atoms with Gasteiger partial charge in [-0.25, -0.2) is 0 Å². The molecule has 5 rings (SSSR count). The summed E-state index contributed by atoms with van der Waals surface area (Å²) < 4.78 is 0. The molecule has 2 heteroatoms. The van der Waals surface area contributed by atoms with Gasteiger partial charge >= 0.3 is 0 Å². The summed E-state index contributed by atoms with van der Waals surface area (Å²) in [4.78, 5) is 9.18. The van der Waals surface area contributed by atoms with E-state index in [0.29, 0.717) is 0 Å². The van der Waals surface area contributed by atoms with Crippen LogP contribution in [0.25, 0.3) is 43.9 Å². The quantitative estimate of drug-likeness (QED) is 0.349. The van der Waals surface area contributed by atoms with Crippen molar-refractivity contribution in [2.24, 2.45) is 0 Å². The lowest BCUT2D eigenvalue weighted by molar-refractivity contribution is 1.06. The van der Waals surface area contributed by atoms with Gasteiger partial charge in [0, 0.05) is 11.8 Å². The van der Waals surface area contributed by atoms with Crippen LogP contribution in [0.2, 0.25) is 0 Å². The first kappa shape index (κ1) is 16.6. The maximum atomic E-state index is 4.61. The Labute approximate surface area is 164 Å². The molecule has 0 radical (unpaired) electrons. The molecule has 0 aliphatic heterocycles. The molecule has 0 amide bonds. The Bertz CT molecular complexity index is 1330. The number of benzene rings is 4. The summed E-state index contributed by atoms with van der Waals surface area (Å²) in [5.74, 6) is 0. The zero-order valence-corrected chi connectivity index (χ0v) is 16.0. The molecule has 0 aliphatic rings. The predicted molar refractivity (Wildman–Crippen MR) is 117 cm³/mol. The van der Waals surface area contributed by atoms with E-state index in [1.807, 2.05) is 20.0 Å². The van der Waals surface area contributed by atoms with E-state index in [0.717, 1.165) is 22.6 Å². The second-order valence-electron chi connectivity index (χ2n) is 7.25. The Balaban J connectivity index is 1.68. The molecule has 0 unspecified atom stereocenters. The second-order valence-corrected chi connectivity index (χ2v) is 7.25. The summed E-state index contributed by atoms with van der Waals surface area (Å²) >= 11 is 0. The van der Waals surface area contributed by atoms with E-state index in [4.69, 9.17) is 0 Å². The predicted octanol–water partition coefficient (Wildman–Crippen LogP) is 6.73. The van der Waals surface area contributed by atoms with Crippen molar-refractivity contribution in [1.82, 2.24) is 9.97 Å². The standard InChI is InChI=1S/C26H20N2/c1-17-16-27-26(18(2)28-17)22-13-11-19-10-12-21(14-23(19)15-22)25-9-5-7-20-6-3-4-8-24(20)25/h3-16H,1-2H3. The van der Waals surface area contributed by atoms with Gasteiger partial charge in [0.25, 0.3) is 0 Å². The van der Waals surface area contributed by atoms with Gasteiger partial charge in [0.15, 0.2) is 0 Å². The molecule has 4 aromatic carbocycles. The molecule has 0 saturated heterocycles. The van der Waals surface area contributed by atoms with Gasteiger partial charge in [-0.2, -0.15) is 0 Å². The van der Waals surface area contributed by atoms with Crippen molar-refractivity contribution in [1.29, 1.82) is 0 Å². The van der Waals surface area contributed by atoms with Crippen LogP contribution < -0.4 is 0 Å². The number of hydrogen-bond donors (Lipinski definition) is 0. The average molecular weight is 360 g/mol. The molecule has 134 valence electrons. The smallest absolute Gasteiger partial charge is 0.0914 e. The molecule has 0 fully saturated rings. The number of aryl methyl sites for hydroxylation is 2. The second kappa shape index (κ2) is 6.58. The topological polar surface area (TPSA) is 25.8 Å². The summed E-state index contributed by atoms with van der Waals surface area (Å²) in [5, 5.41) is 4.98. The van der Waals surface area contributed by atoms with Gasteiger partial charge < -0.3 is 0 Å². The van der Waals surface area contributed by atoms with Crippen LogP contribution in [-0.2, 0) is 0 Å². The molecule has 0 spiro atoms. The lowest BCUT2D eigenvalue weighted by Gasteiger charge is -2.10. The van der Waals surface area contributed by atoms with Crippen molar-refractivity contribution < 1.29 is 0 Å². The normalized spacial score (nSPS) is 11.2. The lowest BCUT2D eigenvalue weighted by atomic mass is 9.95. The number of nitrogens with zero attached hydrogens (tertiary/aromatic N) is 2. The Kier molecular flexibility index (Phi) is 3.91. The van der Waals surface area contributed by atoms with Crippen LogP contribution >= 0.6 is 0 Å². The molecule has 0 saturated carbocycles. The van der Waals surface area contributed by atoms with Crippen LogP contribution in [0, 0.1) is 13.8 Å². The third kappa shape index (κ3) is 2.84. The van der Waals surface area contributed by atoms with E-state index in [1.54, 1.807) is 0 Å². The number of fused-ring (bicyclic) bond motifs is 2. The molecule has 0 bridgehead atoms. The zero-order chi connectivity index (χ0) is 19.1. The Morgan fingerprint density at radius 3 is 2.25 bits per heavy atom. The van der Waals surface area contributed by atoms with Crippen molar-refractivity contribution in [3.05, 3.63) is 96.4 Å². The van der Waals surface area contributed by atoms with Gasteiger partial charge in [-0.3, -0.25) is 9.97 Å². The minimum atomic E-state index is 0.945. The summed E-state index contributed by atoms with van der Waals surface area (Å²) in [5.41, 5.74) is 6.45. The highest BCUT2D eigenvalue weighted by Gasteiger charge is 2.08. The van der Waals surface area contributed by atoms with Crippen LogP contribution in [-0.4, -0.2) is 9.97 Å². The van der Waals surface area contributed by atoms with E-state index < -0.39 is 0 Å². The highest BCUT2D eigenvalue weighted by atomic mass is 14.8. The molecule has 0 atom stereocenters. The first-order valence-corrected chi connectivity index (χ1v) is 9.52. The van der Waals surface area contributed by atoms with Crippen LogP contribution in [0.1, 0.15) is 11.4 Å². The molecule has 2 nitrogen and oxygen atoms in total. The minimum absolute atomic E-state index is 0.945. The number of rotatable bonds is 2. The molecule has 1 aromatic heterocycles. The van der Waals surface area contributed by atoms with E-state index in [2.05, 4.69) is 88.8 Å². The zero-order valence-electron chi connectivity index (χ0n) is 16.0. The SMILES string of the molecule is Cc1cnc(-c2ccc3ccc(-c4cccc5ccccc45)cc3c2)c(C)n1. The van der Waals surface area contributed by atoms with E-state index in [9.17, 15) is 0 Å². The van der Waals surface area contributed by atoms with Crippen LogP contribution in [0.5, 0.6) is 0 Å². The first-order valence-electron chi connectivity index (χ1n) is 9.52. The van der Waals surface area contributed by atoms with Crippen LogP contribution in [0.15, 0.2) is 85.1 Å². The van der Waals surface area contributed by atoms with E-state index in [1.165, 1.54) is 32.7 Å². The Morgan fingerprint density at radius 1 is 0.643 bits per heavy atom. The van der Waals surface area contributed by atoms with Gasteiger partial charge in [0.1, 0.15) is 0 Å². The lowest BCUT2D eigenvalue weighted by Crippen LogP contribution is -1.94. The molecular formula is C26H20N2. The highest BCUT2D eigenvalue weighted by Crippen LogP contribution is 2.32. The molecule has 0 N–H and O–H groups in total. The summed E-state index contributed by atoms with van der Waals surface area (Å²) in [6, 6.07) is 28.2. The Morgan fingerprint density at radius 2 is 1.39 bits per heavy atom. The van der Waals surface area contributed by atoms with Crippen molar-refractivity contribution in [2.45, 2.75) is 13.8 Å². The average Bonchev–Trinajstić information content (AvgIpc) is 2.72. The fourth-order valence-corrected chi connectivity index (χ4v) is 3.92. The van der Waals surface area contributed by atoms with Crippen molar-refractivity contribution in [3.8, 4) is 22.4 Å². The largest absolute Gasteiger partial charge is 0.255 e. The third-order valence-corrected chi connectivity index (χ3v) is 5.28. The third-order valence-electron chi connectivity index (χ3n) is 5.28. The number of hydrogen-bond acceptors (Lipinski definition) is 2. The Hall–Kier alpha value is -3.52. The minimum Gasteiger partial charge on any atom is -0.255 e. The number of aromatic nitrogens is 2. The van der Waals surface area contributed by atoms with Gasteiger partial charge in [0.05, 0.1) is 17.1 Å². The van der Waals surface area contributed by atoms with Crippen molar-refractivity contribution in [2.75, 3.05) is 0 Å². The van der Waals surface area contributed by atoms with Gasteiger partial charge in [0.2, 0.25) is 0 Å². The van der Waals surface area contributed by atoms with Gasteiger partial charge in [-0.1, -0.05) is 66.7 Å². The molecule has 1 heterocycles. The highest BCUT2D eigenvalue weighted by molar-refractivity contribution is 5.99. The maximum absolute atomic E-state index is 4.61. The summed E-state index contributed by atoms with van der Waals surface area (Å²) in [7, 11) is 0. The molecular weight excluding hydrogens is 340 g/mol. The van der Waals surface area contributed by atoms with Gasteiger partial charge in [-0.15, -0.1) is 0 Å². The van der Waals surface area contributed by atoms with Crippen molar-refractivity contribution >= 4 is 21.5 Å². The van der Waals surface area contributed by atoms with Crippen molar-refractivity contribution in [3.63, 3.8) is 0 Å². The van der Waals surface area contributed by atoms with E-state index in [-0.39, 0.29) is 0 Å². The summed E-state index contributed by atoms with van der Waals surface area (Å²) in [6.07, 6.45) is 1.83. The van der Waals surface area contributed by atoms with Crippen LogP contribution in [0.4, 0.5) is 0 Å². The summed E-state index contributed by atoms with van der Waals surface area (Å²) in [6.45, 7) is 3.99. The molecule has 5 aromatic rings. The van der Waals surface area contributed by atoms with Gasteiger partial charge in [-0.05, 0) is 58.7 Å².